The van der Waals surface area contributed by atoms with E-state index in [1.165, 1.54) is 4.90 Å². The number of fused-ring (bicyclic) bond motifs is 3. The van der Waals surface area contributed by atoms with E-state index in [9.17, 15) is 9.90 Å². The Balaban J connectivity index is 1.34. The van der Waals surface area contributed by atoms with E-state index >= 15 is 0 Å². The van der Waals surface area contributed by atoms with Crippen molar-refractivity contribution in [2.45, 2.75) is 56.7 Å². The van der Waals surface area contributed by atoms with Gasteiger partial charge in [-0.15, -0.1) is 5.10 Å². The maximum atomic E-state index is 12.5. The number of aromatic nitrogens is 3. The maximum absolute atomic E-state index is 12.5. The van der Waals surface area contributed by atoms with E-state index in [2.05, 4.69) is 15.6 Å². The number of carbonyl (C=O) groups is 1. The summed E-state index contributed by atoms with van der Waals surface area (Å²) >= 11 is 0. The molecule has 0 spiro atoms. The lowest BCUT2D eigenvalue weighted by Gasteiger charge is -2.46. The number of methoxy groups -OCH3 is 1. The summed E-state index contributed by atoms with van der Waals surface area (Å²) in [4.78, 5) is 14.0. The van der Waals surface area contributed by atoms with Gasteiger partial charge in [0.2, 0.25) is 5.91 Å². The molecule has 4 fully saturated rings. The van der Waals surface area contributed by atoms with Crippen LogP contribution in [0.25, 0.3) is 0 Å². The Morgan fingerprint density at radius 1 is 1.48 bits per heavy atom. The standard InChI is InChI=1S/C19H31N5O3/c1-27-9-7-20-18(25)16-12-23-8-4-14(16)10-15(23)11-24-13-17(21-22-24)19(26)5-2-3-6-19/h13-16,26H,2-12H2,1H3,(H,20,25)/p+1/t14-,15-,16+/m1/s1. The summed E-state index contributed by atoms with van der Waals surface area (Å²) in [5.41, 5.74) is -0.0520. The van der Waals surface area contributed by atoms with Crippen molar-refractivity contribution in [1.82, 2.24) is 20.3 Å². The van der Waals surface area contributed by atoms with Crippen molar-refractivity contribution in [2.24, 2.45) is 11.8 Å². The molecule has 8 nitrogen and oxygen atoms in total. The minimum atomic E-state index is -0.775. The lowest BCUT2D eigenvalue weighted by atomic mass is 9.75. The predicted molar refractivity (Wildman–Crippen MR) is 98.0 cm³/mol. The fourth-order valence-electron chi connectivity index (χ4n) is 5.27. The number of nitrogens with one attached hydrogen (secondary N) is 2. The molecule has 3 N–H and O–H groups in total. The third kappa shape index (κ3) is 3.88. The summed E-state index contributed by atoms with van der Waals surface area (Å²) in [6.07, 6.45) is 7.79. The third-order valence-electron chi connectivity index (χ3n) is 6.85. The molecule has 1 aliphatic carbocycles. The van der Waals surface area contributed by atoms with Crippen LogP contribution < -0.4 is 10.2 Å². The second kappa shape index (κ2) is 7.85. The molecule has 1 saturated carbocycles. The average Bonchev–Trinajstić information content (AvgIpc) is 3.32. The number of aliphatic hydroxyl groups is 1. The molecule has 1 aromatic rings. The SMILES string of the molecule is COCCNC(=O)[C@H]1C[NH+]2CC[C@@H]1C[C@@H]2Cn1cc(C2(O)CCCC2)nn1. The topological polar surface area (TPSA) is 93.7 Å². The highest BCUT2D eigenvalue weighted by molar-refractivity contribution is 5.79. The van der Waals surface area contributed by atoms with Gasteiger partial charge in [-0.1, -0.05) is 18.1 Å². The first-order valence-corrected chi connectivity index (χ1v) is 10.3. The summed E-state index contributed by atoms with van der Waals surface area (Å²) in [5.74, 6) is 0.753. The van der Waals surface area contributed by atoms with Crippen molar-refractivity contribution in [1.29, 1.82) is 0 Å². The molecule has 1 aromatic heterocycles. The molecule has 1 amide bonds. The van der Waals surface area contributed by atoms with Crippen LogP contribution in [0.2, 0.25) is 0 Å². The number of piperidine rings is 3. The van der Waals surface area contributed by atoms with Gasteiger partial charge < -0.3 is 20.1 Å². The number of carbonyl (C=O) groups excluding carboxylic acids is 1. The van der Waals surface area contributed by atoms with Crippen molar-refractivity contribution >= 4 is 5.91 Å². The highest BCUT2D eigenvalue weighted by Gasteiger charge is 2.46. The quantitative estimate of drug-likeness (QED) is 0.535. The van der Waals surface area contributed by atoms with Crippen molar-refractivity contribution in [3.63, 3.8) is 0 Å². The second-order valence-corrected chi connectivity index (χ2v) is 8.55. The molecule has 27 heavy (non-hydrogen) atoms. The molecule has 8 heteroatoms. The molecule has 5 rings (SSSR count). The van der Waals surface area contributed by atoms with Crippen molar-refractivity contribution in [3.8, 4) is 0 Å². The third-order valence-corrected chi connectivity index (χ3v) is 6.85. The Kier molecular flexibility index (Phi) is 5.48. The summed E-state index contributed by atoms with van der Waals surface area (Å²) < 4.78 is 6.92. The molecule has 3 aliphatic heterocycles. The van der Waals surface area contributed by atoms with Crippen molar-refractivity contribution in [2.75, 3.05) is 33.4 Å². The van der Waals surface area contributed by atoms with Crippen LogP contribution >= 0.6 is 0 Å². The molecule has 150 valence electrons. The number of hydrogen-bond acceptors (Lipinski definition) is 5. The summed E-state index contributed by atoms with van der Waals surface area (Å²) in [7, 11) is 1.65. The van der Waals surface area contributed by atoms with Gasteiger partial charge in [-0.2, -0.15) is 0 Å². The molecule has 0 aromatic carbocycles. The van der Waals surface area contributed by atoms with Crippen LogP contribution in [-0.2, 0) is 21.7 Å². The van der Waals surface area contributed by atoms with Gasteiger partial charge in [0.1, 0.15) is 17.3 Å². The number of hydrogen-bond donors (Lipinski definition) is 3. The van der Waals surface area contributed by atoms with Gasteiger partial charge in [-0.05, 0) is 18.8 Å². The number of rotatable bonds is 7. The Morgan fingerprint density at radius 3 is 3.00 bits per heavy atom. The van der Waals surface area contributed by atoms with Crippen LogP contribution in [0.1, 0.15) is 44.2 Å². The molecule has 4 aliphatic rings. The zero-order chi connectivity index (χ0) is 18.9. The van der Waals surface area contributed by atoms with Crippen molar-refractivity contribution < 1.29 is 19.5 Å². The van der Waals surface area contributed by atoms with Crippen LogP contribution in [0.5, 0.6) is 0 Å². The monoisotopic (exact) mass is 378 g/mol. The first kappa shape index (κ1) is 18.8. The summed E-state index contributed by atoms with van der Waals surface area (Å²) in [6.45, 7) is 3.99. The summed E-state index contributed by atoms with van der Waals surface area (Å²) in [6, 6.07) is 0.472. The maximum Gasteiger partial charge on any atom is 0.229 e. The van der Waals surface area contributed by atoms with Crippen LogP contribution in [0, 0.1) is 11.8 Å². The fourth-order valence-corrected chi connectivity index (χ4v) is 5.27. The molecule has 4 atom stereocenters. The minimum absolute atomic E-state index is 0.118. The van der Waals surface area contributed by atoms with E-state index < -0.39 is 5.60 Å². The van der Waals surface area contributed by atoms with Crippen LogP contribution in [0.3, 0.4) is 0 Å². The first-order valence-electron chi connectivity index (χ1n) is 10.3. The highest BCUT2D eigenvalue weighted by atomic mass is 16.5. The number of ether oxygens (including phenoxy) is 1. The van der Waals surface area contributed by atoms with Gasteiger partial charge in [0.15, 0.2) is 0 Å². The molecule has 4 heterocycles. The van der Waals surface area contributed by atoms with E-state index in [4.69, 9.17) is 4.74 Å². The Hall–Kier alpha value is -1.51. The van der Waals surface area contributed by atoms with E-state index in [0.29, 0.717) is 25.1 Å². The number of nitrogens with zero attached hydrogens (tertiary/aromatic N) is 3. The molecule has 0 radical (unpaired) electrons. The summed E-state index contributed by atoms with van der Waals surface area (Å²) in [5, 5.41) is 22.3. The fraction of sp³-hybridized carbons (Fsp3) is 0.842. The molecule has 3 saturated heterocycles. The Morgan fingerprint density at radius 2 is 2.30 bits per heavy atom. The van der Waals surface area contributed by atoms with E-state index in [1.807, 2.05) is 10.9 Å². The van der Waals surface area contributed by atoms with Gasteiger partial charge in [0.25, 0.3) is 0 Å². The smallest absolute Gasteiger partial charge is 0.229 e. The normalized spacial score (nSPS) is 31.9. The van der Waals surface area contributed by atoms with E-state index in [0.717, 1.165) is 63.9 Å². The minimum Gasteiger partial charge on any atom is -0.383 e. The van der Waals surface area contributed by atoms with Gasteiger partial charge >= 0.3 is 0 Å². The van der Waals surface area contributed by atoms with Gasteiger partial charge in [0, 0.05) is 26.5 Å². The van der Waals surface area contributed by atoms with Crippen molar-refractivity contribution in [3.05, 3.63) is 11.9 Å². The molecule has 2 bridgehead atoms. The zero-order valence-corrected chi connectivity index (χ0v) is 16.2. The van der Waals surface area contributed by atoms with Crippen LogP contribution in [-0.4, -0.2) is 65.4 Å². The first-order chi connectivity index (χ1) is 13.1. The average molecular weight is 378 g/mol. The largest absolute Gasteiger partial charge is 0.383 e. The number of quaternary nitrogens is 1. The molecular weight excluding hydrogens is 346 g/mol. The van der Waals surface area contributed by atoms with Gasteiger partial charge in [0.05, 0.1) is 38.4 Å². The Labute approximate surface area is 160 Å². The lowest BCUT2D eigenvalue weighted by Crippen LogP contribution is -3.20. The Bertz CT molecular complexity index is 658. The molecule has 1 unspecified atom stereocenters. The van der Waals surface area contributed by atoms with Crippen LogP contribution in [0.15, 0.2) is 6.20 Å². The second-order valence-electron chi connectivity index (χ2n) is 8.55. The zero-order valence-electron chi connectivity index (χ0n) is 16.2. The number of amides is 1. The van der Waals surface area contributed by atoms with Gasteiger partial charge in [-0.25, -0.2) is 4.68 Å². The molecular formula is C19H32N5O3+. The van der Waals surface area contributed by atoms with Gasteiger partial charge in [-0.3, -0.25) is 4.79 Å². The lowest BCUT2D eigenvalue weighted by molar-refractivity contribution is -0.945. The predicted octanol–water partition coefficient (Wildman–Crippen LogP) is -0.904. The van der Waals surface area contributed by atoms with Crippen LogP contribution in [0.4, 0.5) is 0 Å². The van der Waals surface area contributed by atoms with E-state index in [1.54, 1.807) is 7.11 Å². The highest BCUT2D eigenvalue weighted by Crippen LogP contribution is 2.37. The van der Waals surface area contributed by atoms with E-state index in [-0.39, 0.29) is 11.8 Å².